The van der Waals surface area contributed by atoms with Crippen molar-refractivity contribution in [1.29, 1.82) is 0 Å². The van der Waals surface area contributed by atoms with E-state index in [-0.39, 0.29) is 12.4 Å². The van der Waals surface area contributed by atoms with Crippen LogP contribution in [0, 0.1) is 11.8 Å². The predicted octanol–water partition coefficient (Wildman–Crippen LogP) is 4.73. The number of rotatable bonds is 6. The molecule has 0 saturated heterocycles. The largest absolute Gasteiger partial charge is 0.573 e. The van der Waals surface area contributed by atoms with Crippen LogP contribution in [0.1, 0.15) is 20.8 Å². The Balaban J connectivity index is 1.61. The molecular weight excluding hydrogens is 481 g/mol. The molecule has 0 unspecified atom stereocenters. The fourth-order valence-electron chi connectivity index (χ4n) is 2.79. The molecule has 1 amide bonds. The Morgan fingerprint density at radius 3 is 2.33 bits per heavy atom. The molecule has 3 aromatic rings. The summed E-state index contributed by atoms with van der Waals surface area (Å²) in [6.45, 7) is 4.90. The molecule has 12 heteroatoms. The number of esters is 1. The highest BCUT2D eigenvalue weighted by molar-refractivity contribution is 5.89. The Labute approximate surface area is 204 Å². The number of hydrogen-bond donors (Lipinski definition) is 1. The molecule has 1 heterocycles. The summed E-state index contributed by atoms with van der Waals surface area (Å²) in [6.07, 6.45) is -4.13. The third-order valence-electron chi connectivity index (χ3n) is 4.31. The second-order valence-electron chi connectivity index (χ2n) is 7.63. The van der Waals surface area contributed by atoms with Gasteiger partial charge >= 0.3 is 18.4 Å². The topological polar surface area (TPSA) is 105 Å². The Hall–Kier alpha value is -4.53. The molecule has 0 bridgehead atoms. The van der Waals surface area contributed by atoms with E-state index in [0.717, 1.165) is 0 Å². The minimum Gasteiger partial charge on any atom is -0.456 e. The van der Waals surface area contributed by atoms with E-state index in [0.29, 0.717) is 22.8 Å². The molecule has 0 saturated carbocycles. The van der Waals surface area contributed by atoms with E-state index < -0.39 is 24.0 Å². The van der Waals surface area contributed by atoms with Crippen LogP contribution in [-0.4, -0.2) is 45.4 Å². The lowest BCUT2D eigenvalue weighted by Gasteiger charge is -2.19. The molecule has 0 radical (unpaired) electrons. The lowest BCUT2D eigenvalue weighted by Crippen LogP contribution is -2.29. The van der Waals surface area contributed by atoms with Crippen molar-refractivity contribution >= 4 is 17.7 Å². The first-order chi connectivity index (χ1) is 16.9. The first kappa shape index (κ1) is 26.1. The Morgan fingerprint density at radius 2 is 1.72 bits per heavy atom. The van der Waals surface area contributed by atoms with Crippen molar-refractivity contribution in [3.8, 4) is 34.7 Å². The molecule has 3 rings (SSSR count). The molecule has 0 aliphatic carbocycles. The van der Waals surface area contributed by atoms with Crippen molar-refractivity contribution in [1.82, 2.24) is 14.8 Å². The van der Waals surface area contributed by atoms with Crippen molar-refractivity contribution in [2.45, 2.75) is 32.7 Å². The lowest BCUT2D eigenvalue weighted by molar-refractivity contribution is -0.274. The van der Waals surface area contributed by atoms with E-state index in [1.54, 1.807) is 31.2 Å². The average molecular weight is 502 g/mol. The molecular formula is C24H21F3N4O5. The number of alkyl halides is 3. The maximum atomic E-state index is 12.3. The van der Waals surface area contributed by atoms with Crippen LogP contribution < -0.4 is 10.1 Å². The van der Waals surface area contributed by atoms with Gasteiger partial charge in [0, 0.05) is 17.2 Å². The summed E-state index contributed by atoms with van der Waals surface area (Å²) in [5, 5.41) is 6.88. The minimum absolute atomic E-state index is 0.189. The van der Waals surface area contributed by atoms with Gasteiger partial charge in [-0.3, -0.25) is 5.32 Å². The van der Waals surface area contributed by atoms with E-state index in [2.05, 4.69) is 32.0 Å². The molecule has 0 fully saturated rings. The Morgan fingerprint density at radius 1 is 1.06 bits per heavy atom. The number of carbonyl (C=O) groups excluding carboxylic acids is 2. The Bertz CT molecular complexity index is 1270. The van der Waals surface area contributed by atoms with Crippen LogP contribution in [0.3, 0.4) is 0 Å². The molecule has 1 aromatic heterocycles. The fraction of sp³-hybridized carbons (Fsp3) is 0.250. The highest BCUT2D eigenvalue weighted by Crippen LogP contribution is 2.24. The van der Waals surface area contributed by atoms with E-state index in [1.807, 2.05) is 0 Å². The zero-order valence-corrected chi connectivity index (χ0v) is 19.4. The molecule has 0 spiro atoms. The summed E-state index contributed by atoms with van der Waals surface area (Å²) in [4.78, 5) is 27.8. The van der Waals surface area contributed by atoms with Gasteiger partial charge in [-0.05, 0) is 75.2 Å². The van der Waals surface area contributed by atoms with Gasteiger partial charge in [0.2, 0.25) is 0 Å². The number of ether oxygens (including phenoxy) is 3. The van der Waals surface area contributed by atoms with Gasteiger partial charge in [-0.2, -0.15) is 0 Å². The number of nitrogens with zero attached hydrogens (tertiary/aromatic N) is 3. The van der Waals surface area contributed by atoms with E-state index >= 15 is 0 Å². The highest BCUT2D eigenvalue weighted by Gasteiger charge is 2.31. The van der Waals surface area contributed by atoms with Crippen LogP contribution in [0.2, 0.25) is 0 Å². The number of nitrogens with one attached hydrogen (secondary N) is 1. The van der Waals surface area contributed by atoms with Gasteiger partial charge in [-0.1, -0.05) is 0 Å². The molecule has 36 heavy (non-hydrogen) atoms. The molecule has 188 valence electrons. The molecule has 0 aliphatic rings. The van der Waals surface area contributed by atoms with Crippen molar-refractivity contribution in [2.24, 2.45) is 0 Å². The fourth-order valence-corrected chi connectivity index (χ4v) is 2.79. The SMILES string of the molecule is CCOC(=O)C#CC(C)(C)OC(=O)Nc1ccc(-c2ncn(-c3ccc(OC(F)(F)F)cc3)n2)cc1. The summed E-state index contributed by atoms with van der Waals surface area (Å²) in [5.74, 6) is 4.09. The minimum atomic E-state index is -4.77. The van der Waals surface area contributed by atoms with Gasteiger partial charge in [-0.25, -0.2) is 19.3 Å². The molecule has 9 nitrogen and oxygen atoms in total. The summed E-state index contributed by atoms with van der Waals surface area (Å²) >= 11 is 0. The van der Waals surface area contributed by atoms with Crippen LogP contribution in [0.5, 0.6) is 5.75 Å². The molecule has 0 aliphatic heterocycles. The van der Waals surface area contributed by atoms with Crippen LogP contribution in [0.15, 0.2) is 54.9 Å². The van der Waals surface area contributed by atoms with Crippen LogP contribution in [-0.2, 0) is 14.3 Å². The maximum absolute atomic E-state index is 12.3. The van der Waals surface area contributed by atoms with Gasteiger partial charge in [0.1, 0.15) is 12.1 Å². The monoisotopic (exact) mass is 502 g/mol. The molecule has 1 N–H and O–H groups in total. The maximum Gasteiger partial charge on any atom is 0.573 e. The van der Waals surface area contributed by atoms with Crippen molar-refractivity contribution in [2.75, 3.05) is 11.9 Å². The van der Waals surface area contributed by atoms with Crippen molar-refractivity contribution in [3.63, 3.8) is 0 Å². The number of halogens is 3. The van der Waals surface area contributed by atoms with E-state index in [4.69, 9.17) is 9.47 Å². The first-order valence-corrected chi connectivity index (χ1v) is 10.5. The lowest BCUT2D eigenvalue weighted by atomic mass is 10.1. The highest BCUT2D eigenvalue weighted by atomic mass is 19.4. The van der Waals surface area contributed by atoms with Gasteiger partial charge in [-0.15, -0.1) is 18.3 Å². The van der Waals surface area contributed by atoms with Gasteiger partial charge in [0.25, 0.3) is 0 Å². The first-order valence-electron chi connectivity index (χ1n) is 10.5. The summed E-state index contributed by atoms with van der Waals surface area (Å²) in [6, 6.07) is 11.7. The quantitative estimate of drug-likeness (QED) is 0.295. The van der Waals surface area contributed by atoms with E-state index in [9.17, 15) is 22.8 Å². The normalized spacial score (nSPS) is 11.2. The third kappa shape index (κ3) is 7.76. The second kappa shape index (κ2) is 10.8. The van der Waals surface area contributed by atoms with E-state index in [1.165, 1.54) is 49.1 Å². The second-order valence-corrected chi connectivity index (χ2v) is 7.63. The van der Waals surface area contributed by atoms with Crippen molar-refractivity contribution in [3.05, 3.63) is 54.9 Å². The number of anilines is 1. The Kier molecular flexibility index (Phi) is 7.83. The molecule has 0 atom stereocenters. The number of hydrogen-bond acceptors (Lipinski definition) is 7. The number of aromatic nitrogens is 3. The summed E-state index contributed by atoms with van der Waals surface area (Å²) in [7, 11) is 0. The zero-order valence-electron chi connectivity index (χ0n) is 19.4. The number of carbonyl (C=O) groups is 2. The predicted molar refractivity (Wildman–Crippen MR) is 122 cm³/mol. The summed E-state index contributed by atoms with van der Waals surface area (Å²) in [5.41, 5.74) is 0.311. The zero-order chi connectivity index (χ0) is 26.3. The van der Waals surface area contributed by atoms with Gasteiger partial charge in [0.05, 0.1) is 12.3 Å². The summed E-state index contributed by atoms with van der Waals surface area (Å²) < 4.78 is 52.1. The average Bonchev–Trinajstić information content (AvgIpc) is 3.28. The van der Waals surface area contributed by atoms with Crippen LogP contribution in [0.25, 0.3) is 17.1 Å². The van der Waals surface area contributed by atoms with Gasteiger partial charge in [0.15, 0.2) is 11.4 Å². The standard InChI is InChI=1S/C24H21F3N4O5/c1-4-34-20(32)13-14-23(2,3)36-22(33)29-17-7-5-16(6-8-17)21-28-15-31(30-21)18-9-11-19(12-10-18)35-24(25,26)27/h5-12,15H,4H2,1-3H3,(H,29,33). The number of benzene rings is 2. The van der Waals surface area contributed by atoms with Crippen LogP contribution >= 0.6 is 0 Å². The smallest absolute Gasteiger partial charge is 0.456 e. The van der Waals surface area contributed by atoms with Gasteiger partial charge < -0.3 is 14.2 Å². The third-order valence-corrected chi connectivity index (χ3v) is 4.31. The van der Waals surface area contributed by atoms with Crippen molar-refractivity contribution < 1.29 is 37.0 Å². The molecule has 2 aromatic carbocycles. The van der Waals surface area contributed by atoms with Crippen LogP contribution in [0.4, 0.5) is 23.7 Å². The number of amides is 1.